The molecule has 88 valence electrons. The Morgan fingerprint density at radius 3 is 2.69 bits per heavy atom. The van der Waals surface area contributed by atoms with Gasteiger partial charge in [0, 0.05) is 0 Å². The summed E-state index contributed by atoms with van der Waals surface area (Å²) < 4.78 is 23.0. The SMILES string of the molecule is COc1cc(CO)cc(F)c1OCC(=O)O. The summed E-state index contributed by atoms with van der Waals surface area (Å²) in [5.74, 6) is -2.22. The molecular formula is C10H11FO5. The van der Waals surface area contributed by atoms with Gasteiger partial charge in [-0.15, -0.1) is 0 Å². The molecule has 0 amide bonds. The number of ether oxygens (including phenoxy) is 2. The van der Waals surface area contributed by atoms with Gasteiger partial charge in [-0.2, -0.15) is 0 Å². The summed E-state index contributed by atoms with van der Waals surface area (Å²) in [6, 6.07) is 2.43. The quantitative estimate of drug-likeness (QED) is 0.782. The van der Waals surface area contributed by atoms with Crippen LogP contribution in [-0.2, 0) is 11.4 Å². The molecule has 0 fully saturated rings. The van der Waals surface area contributed by atoms with E-state index in [-0.39, 0.29) is 18.1 Å². The third-order valence-electron chi connectivity index (χ3n) is 1.81. The number of carbonyl (C=O) groups is 1. The predicted molar refractivity (Wildman–Crippen MR) is 52.0 cm³/mol. The molecule has 2 N–H and O–H groups in total. The number of hydrogen-bond acceptors (Lipinski definition) is 4. The molecule has 0 radical (unpaired) electrons. The molecular weight excluding hydrogens is 219 g/mol. The Kier molecular flexibility index (Phi) is 4.07. The number of aliphatic hydroxyl groups is 1. The first-order valence-electron chi connectivity index (χ1n) is 4.40. The normalized spacial score (nSPS) is 9.94. The maximum absolute atomic E-state index is 13.4. The molecule has 16 heavy (non-hydrogen) atoms. The van der Waals surface area contributed by atoms with Gasteiger partial charge in [0.25, 0.3) is 0 Å². The molecule has 0 aliphatic heterocycles. The molecule has 0 aliphatic rings. The molecule has 0 saturated carbocycles. The lowest BCUT2D eigenvalue weighted by atomic mass is 10.2. The zero-order valence-electron chi connectivity index (χ0n) is 8.57. The van der Waals surface area contributed by atoms with E-state index in [2.05, 4.69) is 0 Å². The number of carboxylic acids is 1. The fraction of sp³-hybridized carbons (Fsp3) is 0.300. The summed E-state index contributed by atoms with van der Waals surface area (Å²) in [5, 5.41) is 17.2. The van der Waals surface area contributed by atoms with Gasteiger partial charge >= 0.3 is 5.97 Å². The molecule has 0 atom stereocenters. The summed E-state index contributed by atoms with van der Waals surface area (Å²) in [4.78, 5) is 10.3. The Morgan fingerprint density at radius 2 is 2.19 bits per heavy atom. The van der Waals surface area contributed by atoms with Crippen LogP contribution >= 0.6 is 0 Å². The van der Waals surface area contributed by atoms with E-state index in [4.69, 9.17) is 19.7 Å². The Hall–Kier alpha value is -1.82. The van der Waals surface area contributed by atoms with Gasteiger partial charge in [-0.25, -0.2) is 9.18 Å². The van der Waals surface area contributed by atoms with Crippen LogP contribution in [0.3, 0.4) is 0 Å². The molecule has 6 heteroatoms. The number of hydrogen-bond donors (Lipinski definition) is 2. The van der Waals surface area contributed by atoms with Crippen molar-refractivity contribution in [1.29, 1.82) is 0 Å². The lowest BCUT2D eigenvalue weighted by Crippen LogP contribution is -2.11. The minimum atomic E-state index is -1.22. The summed E-state index contributed by atoms with van der Waals surface area (Å²) >= 11 is 0. The number of carboxylic acid groups (broad SMARTS) is 1. The second kappa shape index (κ2) is 5.32. The van der Waals surface area contributed by atoms with Crippen LogP contribution in [-0.4, -0.2) is 29.9 Å². The van der Waals surface area contributed by atoms with E-state index in [1.165, 1.54) is 13.2 Å². The van der Waals surface area contributed by atoms with Crippen LogP contribution in [0.4, 0.5) is 4.39 Å². The predicted octanol–water partition coefficient (Wildman–Crippen LogP) is 0.790. The van der Waals surface area contributed by atoms with Crippen LogP contribution in [0.5, 0.6) is 11.5 Å². The minimum Gasteiger partial charge on any atom is -0.493 e. The van der Waals surface area contributed by atoms with Gasteiger partial charge in [-0.3, -0.25) is 0 Å². The summed E-state index contributed by atoms with van der Waals surface area (Å²) in [6.45, 7) is -1.00. The highest BCUT2D eigenvalue weighted by Crippen LogP contribution is 2.31. The minimum absolute atomic E-state index is 0.0466. The first-order chi connectivity index (χ1) is 7.58. The van der Waals surface area contributed by atoms with Crippen molar-refractivity contribution in [3.05, 3.63) is 23.5 Å². The largest absolute Gasteiger partial charge is 0.493 e. The lowest BCUT2D eigenvalue weighted by Gasteiger charge is -2.11. The molecule has 1 rings (SSSR count). The van der Waals surface area contributed by atoms with Crippen molar-refractivity contribution in [1.82, 2.24) is 0 Å². The van der Waals surface area contributed by atoms with Crippen LogP contribution in [0.25, 0.3) is 0 Å². The van der Waals surface area contributed by atoms with Crippen LogP contribution in [0, 0.1) is 5.82 Å². The van der Waals surface area contributed by atoms with E-state index in [0.717, 1.165) is 6.07 Å². The zero-order valence-corrected chi connectivity index (χ0v) is 8.57. The Balaban J connectivity index is 3.01. The van der Waals surface area contributed by atoms with E-state index >= 15 is 0 Å². The van der Waals surface area contributed by atoms with Crippen molar-refractivity contribution in [2.75, 3.05) is 13.7 Å². The fourth-order valence-electron chi connectivity index (χ4n) is 1.14. The molecule has 0 spiro atoms. The van der Waals surface area contributed by atoms with Gasteiger partial charge in [0.15, 0.2) is 23.9 Å². The molecule has 0 heterocycles. The van der Waals surface area contributed by atoms with Gasteiger partial charge in [0.05, 0.1) is 13.7 Å². The highest BCUT2D eigenvalue weighted by atomic mass is 19.1. The number of methoxy groups -OCH3 is 1. The standard InChI is InChI=1S/C10H11FO5/c1-15-8-3-6(4-12)2-7(11)10(8)16-5-9(13)14/h2-3,12H,4-5H2,1H3,(H,13,14). The molecule has 5 nitrogen and oxygen atoms in total. The first kappa shape index (κ1) is 12.3. The highest BCUT2D eigenvalue weighted by molar-refractivity contribution is 5.68. The molecule has 0 unspecified atom stereocenters. The van der Waals surface area contributed by atoms with E-state index < -0.39 is 18.4 Å². The molecule has 0 saturated heterocycles. The van der Waals surface area contributed by atoms with E-state index in [1.54, 1.807) is 0 Å². The van der Waals surface area contributed by atoms with E-state index in [0.29, 0.717) is 5.56 Å². The Morgan fingerprint density at radius 1 is 1.50 bits per heavy atom. The van der Waals surface area contributed by atoms with E-state index in [9.17, 15) is 9.18 Å². The zero-order chi connectivity index (χ0) is 12.1. The average Bonchev–Trinajstić information content (AvgIpc) is 2.26. The van der Waals surface area contributed by atoms with Crippen LogP contribution in [0.2, 0.25) is 0 Å². The fourth-order valence-corrected chi connectivity index (χ4v) is 1.14. The van der Waals surface area contributed by atoms with Crippen molar-refractivity contribution in [3.63, 3.8) is 0 Å². The number of rotatable bonds is 5. The highest BCUT2D eigenvalue weighted by Gasteiger charge is 2.14. The monoisotopic (exact) mass is 230 g/mol. The smallest absolute Gasteiger partial charge is 0.341 e. The third kappa shape index (κ3) is 2.83. The third-order valence-corrected chi connectivity index (χ3v) is 1.81. The van der Waals surface area contributed by atoms with Crippen LogP contribution < -0.4 is 9.47 Å². The maximum Gasteiger partial charge on any atom is 0.341 e. The maximum atomic E-state index is 13.4. The van der Waals surface area contributed by atoms with Gasteiger partial charge in [-0.1, -0.05) is 0 Å². The molecule has 1 aromatic rings. The number of aliphatic carboxylic acids is 1. The van der Waals surface area contributed by atoms with Crippen molar-refractivity contribution >= 4 is 5.97 Å². The van der Waals surface area contributed by atoms with Crippen molar-refractivity contribution < 1.29 is 28.9 Å². The summed E-state index contributed by atoms with van der Waals surface area (Å²) in [5.41, 5.74) is 0.317. The molecule has 0 aliphatic carbocycles. The Bertz CT molecular complexity index is 391. The van der Waals surface area contributed by atoms with Crippen LogP contribution in [0.15, 0.2) is 12.1 Å². The topological polar surface area (TPSA) is 76.0 Å². The van der Waals surface area contributed by atoms with Crippen LogP contribution in [0.1, 0.15) is 5.56 Å². The first-order valence-corrected chi connectivity index (χ1v) is 4.40. The Labute approximate surface area is 91.0 Å². The molecule has 0 bridgehead atoms. The van der Waals surface area contributed by atoms with Crippen molar-refractivity contribution in [3.8, 4) is 11.5 Å². The average molecular weight is 230 g/mol. The second-order valence-corrected chi connectivity index (χ2v) is 2.95. The van der Waals surface area contributed by atoms with Gasteiger partial charge in [0.2, 0.25) is 0 Å². The van der Waals surface area contributed by atoms with Crippen molar-refractivity contribution in [2.24, 2.45) is 0 Å². The van der Waals surface area contributed by atoms with Gasteiger partial charge in [-0.05, 0) is 17.7 Å². The summed E-state index contributed by atoms with van der Waals surface area (Å²) in [7, 11) is 1.30. The summed E-state index contributed by atoms with van der Waals surface area (Å²) in [6.07, 6.45) is 0. The van der Waals surface area contributed by atoms with Gasteiger partial charge < -0.3 is 19.7 Å². The van der Waals surface area contributed by atoms with E-state index in [1.807, 2.05) is 0 Å². The number of halogens is 1. The lowest BCUT2D eigenvalue weighted by molar-refractivity contribution is -0.139. The van der Waals surface area contributed by atoms with Gasteiger partial charge in [0.1, 0.15) is 0 Å². The molecule has 1 aromatic carbocycles. The van der Waals surface area contributed by atoms with Crippen molar-refractivity contribution in [2.45, 2.75) is 6.61 Å². The molecule has 0 aromatic heterocycles. The second-order valence-electron chi connectivity index (χ2n) is 2.95. The number of aliphatic hydroxyl groups excluding tert-OH is 1. The number of benzene rings is 1.